The summed E-state index contributed by atoms with van der Waals surface area (Å²) in [6.07, 6.45) is 6.05. The third-order valence-electron chi connectivity index (χ3n) is 5.37. The van der Waals surface area contributed by atoms with Crippen molar-refractivity contribution in [3.8, 4) is 0 Å². The van der Waals surface area contributed by atoms with Crippen molar-refractivity contribution in [1.82, 2.24) is 9.88 Å². The summed E-state index contributed by atoms with van der Waals surface area (Å²) in [6.45, 7) is 10.6. The van der Waals surface area contributed by atoms with E-state index in [1.54, 1.807) is 0 Å². The molecule has 0 spiro atoms. The van der Waals surface area contributed by atoms with E-state index in [0.717, 1.165) is 37.1 Å². The molecular weight excluding hydrogens is 289 g/mol. The van der Waals surface area contributed by atoms with Crippen molar-refractivity contribution in [2.75, 3.05) is 25.5 Å². The molecule has 0 bridgehead atoms. The van der Waals surface area contributed by atoms with Gasteiger partial charge in [0.2, 0.25) is 0 Å². The Bertz CT molecular complexity index is 541. The van der Waals surface area contributed by atoms with Crippen LogP contribution in [0.4, 0.5) is 5.69 Å². The van der Waals surface area contributed by atoms with E-state index in [0.29, 0.717) is 6.04 Å². The van der Waals surface area contributed by atoms with E-state index in [1.165, 1.54) is 0 Å². The average Bonchev–Trinajstić information content (AvgIpc) is 2.70. The number of hydrogen-bond acceptors (Lipinski definition) is 5. The van der Waals surface area contributed by atoms with Crippen molar-refractivity contribution in [2.45, 2.75) is 57.8 Å². The number of piperidine rings is 1. The second-order valence-corrected chi connectivity index (χ2v) is 7.82. The summed E-state index contributed by atoms with van der Waals surface area (Å²) in [7, 11) is 1.82. The predicted octanol–water partition coefficient (Wildman–Crippen LogP) is 1.89. The molecule has 1 aromatic rings. The third kappa shape index (κ3) is 3.54. The van der Waals surface area contributed by atoms with Gasteiger partial charge in [0.15, 0.2) is 0 Å². The van der Waals surface area contributed by atoms with Crippen molar-refractivity contribution in [2.24, 2.45) is 0 Å². The highest BCUT2D eigenvalue weighted by Crippen LogP contribution is 2.36. The minimum atomic E-state index is -0.355. The summed E-state index contributed by atoms with van der Waals surface area (Å²) in [5.41, 5.74) is 1.37. The van der Waals surface area contributed by atoms with Gasteiger partial charge >= 0.3 is 7.12 Å². The van der Waals surface area contributed by atoms with Crippen LogP contribution in [-0.2, 0) is 9.31 Å². The number of hydrogen-bond donors (Lipinski definition) is 1. The maximum Gasteiger partial charge on any atom is 0.496 e. The highest BCUT2D eigenvalue weighted by Gasteiger charge is 2.51. The molecule has 2 aliphatic rings. The minimum absolute atomic E-state index is 0.324. The Morgan fingerprint density at radius 3 is 2.35 bits per heavy atom. The number of aromatic nitrogens is 1. The maximum atomic E-state index is 6.11. The molecule has 126 valence electrons. The van der Waals surface area contributed by atoms with Crippen LogP contribution in [0.15, 0.2) is 18.5 Å². The van der Waals surface area contributed by atoms with Gasteiger partial charge in [0.25, 0.3) is 0 Å². The molecule has 23 heavy (non-hydrogen) atoms. The van der Waals surface area contributed by atoms with Gasteiger partial charge in [-0.05, 0) is 66.7 Å². The molecule has 2 saturated heterocycles. The Morgan fingerprint density at radius 1 is 1.13 bits per heavy atom. The molecule has 0 radical (unpaired) electrons. The monoisotopic (exact) mass is 317 g/mol. The first-order chi connectivity index (χ1) is 10.8. The lowest BCUT2D eigenvalue weighted by Crippen LogP contribution is -2.41. The average molecular weight is 317 g/mol. The minimum Gasteiger partial charge on any atom is -0.399 e. The fourth-order valence-electron chi connectivity index (χ4n) is 3.03. The van der Waals surface area contributed by atoms with Gasteiger partial charge in [-0.1, -0.05) is 0 Å². The zero-order chi connectivity index (χ0) is 16.7. The van der Waals surface area contributed by atoms with Gasteiger partial charge in [0.05, 0.1) is 16.9 Å². The summed E-state index contributed by atoms with van der Waals surface area (Å²) >= 11 is 0. The molecule has 0 amide bonds. The van der Waals surface area contributed by atoms with Crippen molar-refractivity contribution in [3.05, 3.63) is 18.5 Å². The van der Waals surface area contributed by atoms with Crippen LogP contribution in [0.25, 0.3) is 0 Å². The number of rotatable bonds is 3. The van der Waals surface area contributed by atoms with E-state index in [9.17, 15) is 0 Å². The second-order valence-electron chi connectivity index (χ2n) is 7.82. The lowest BCUT2D eigenvalue weighted by Gasteiger charge is -2.32. The van der Waals surface area contributed by atoms with Gasteiger partial charge in [-0.2, -0.15) is 0 Å². The van der Waals surface area contributed by atoms with E-state index in [-0.39, 0.29) is 18.3 Å². The molecule has 1 aromatic heterocycles. The molecule has 0 saturated carbocycles. The number of nitrogens with one attached hydrogen (secondary N) is 1. The number of anilines is 1. The highest BCUT2D eigenvalue weighted by molar-refractivity contribution is 6.62. The summed E-state index contributed by atoms with van der Waals surface area (Å²) in [5, 5.41) is 3.61. The Kier molecular flexibility index (Phi) is 4.42. The number of likely N-dealkylation sites (tertiary alicyclic amines) is 1. The summed E-state index contributed by atoms with van der Waals surface area (Å²) in [6, 6.07) is 2.62. The predicted molar refractivity (Wildman–Crippen MR) is 94.1 cm³/mol. The molecule has 0 atom stereocenters. The highest BCUT2D eigenvalue weighted by atomic mass is 16.7. The molecule has 6 heteroatoms. The van der Waals surface area contributed by atoms with Gasteiger partial charge in [-0.3, -0.25) is 4.98 Å². The largest absolute Gasteiger partial charge is 0.496 e. The van der Waals surface area contributed by atoms with Crippen LogP contribution in [0.1, 0.15) is 40.5 Å². The molecule has 3 rings (SSSR count). The maximum absolute atomic E-state index is 6.11. The standard InChI is InChI=1S/C17H28BN3O2/c1-16(2)17(3,4)23-18(22-16)13-10-15(12-19-11-13)20-14-6-8-21(5)9-7-14/h10-12,14,20H,6-9H2,1-5H3. The van der Waals surface area contributed by atoms with Crippen LogP contribution in [-0.4, -0.2) is 54.4 Å². The van der Waals surface area contributed by atoms with E-state index in [4.69, 9.17) is 9.31 Å². The molecule has 5 nitrogen and oxygen atoms in total. The molecular formula is C17H28BN3O2. The van der Waals surface area contributed by atoms with E-state index >= 15 is 0 Å². The SMILES string of the molecule is CN1CCC(Nc2cncc(B3OC(C)(C)C(C)(C)O3)c2)CC1. The van der Waals surface area contributed by atoms with Gasteiger partial charge in [0, 0.05) is 23.9 Å². The lowest BCUT2D eigenvalue weighted by atomic mass is 9.80. The summed E-state index contributed by atoms with van der Waals surface area (Å²) in [4.78, 5) is 6.74. The van der Waals surface area contributed by atoms with Crippen LogP contribution in [0.3, 0.4) is 0 Å². The normalized spacial score (nSPS) is 24.8. The molecule has 0 unspecified atom stereocenters. The zero-order valence-corrected chi connectivity index (χ0v) is 14.9. The number of pyridine rings is 1. The Morgan fingerprint density at radius 2 is 1.74 bits per heavy atom. The molecule has 2 aliphatic heterocycles. The Labute approximate surface area is 139 Å². The topological polar surface area (TPSA) is 46.6 Å². The van der Waals surface area contributed by atoms with Gasteiger partial charge < -0.3 is 19.5 Å². The van der Waals surface area contributed by atoms with Crippen molar-refractivity contribution in [3.63, 3.8) is 0 Å². The third-order valence-corrected chi connectivity index (χ3v) is 5.37. The summed E-state index contributed by atoms with van der Waals surface area (Å²) < 4.78 is 12.2. The Hall–Kier alpha value is -1.11. The molecule has 0 aliphatic carbocycles. The van der Waals surface area contributed by atoms with Crippen LogP contribution in [0, 0.1) is 0 Å². The second kappa shape index (κ2) is 6.08. The van der Waals surface area contributed by atoms with E-state index < -0.39 is 0 Å². The molecule has 1 N–H and O–H groups in total. The molecule has 0 aromatic carbocycles. The first kappa shape index (κ1) is 16.7. The van der Waals surface area contributed by atoms with Crippen LogP contribution < -0.4 is 10.8 Å². The van der Waals surface area contributed by atoms with Crippen molar-refractivity contribution in [1.29, 1.82) is 0 Å². The summed E-state index contributed by atoms with van der Waals surface area (Å²) in [5.74, 6) is 0. The van der Waals surface area contributed by atoms with Gasteiger partial charge in [-0.15, -0.1) is 0 Å². The first-order valence-corrected chi connectivity index (χ1v) is 8.52. The molecule has 3 heterocycles. The fourth-order valence-corrected chi connectivity index (χ4v) is 3.03. The quantitative estimate of drug-likeness (QED) is 0.863. The zero-order valence-electron chi connectivity index (χ0n) is 14.9. The molecule has 2 fully saturated rings. The lowest BCUT2D eigenvalue weighted by molar-refractivity contribution is 0.00578. The van der Waals surface area contributed by atoms with Gasteiger partial charge in [0.1, 0.15) is 0 Å². The Balaban J connectivity index is 1.69. The van der Waals surface area contributed by atoms with Crippen LogP contribution in [0.2, 0.25) is 0 Å². The van der Waals surface area contributed by atoms with Crippen molar-refractivity contribution >= 4 is 18.3 Å². The van der Waals surface area contributed by atoms with Gasteiger partial charge in [-0.25, -0.2) is 0 Å². The smallest absolute Gasteiger partial charge is 0.399 e. The van der Waals surface area contributed by atoms with E-state index in [1.807, 2.05) is 12.4 Å². The van der Waals surface area contributed by atoms with Crippen LogP contribution in [0.5, 0.6) is 0 Å². The first-order valence-electron chi connectivity index (χ1n) is 8.52. The fraction of sp³-hybridized carbons (Fsp3) is 0.706. The van der Waals surface area contributed by atoms with E-state index in [2.05, 4.69) is 56.0 Å². The number of nitrogens with zero attached hydrogens (tertiary/aromatic N) is 2. The van der Waals surface area contributed by atoms with Crippen molar-refractivity contribution < 1.29 is 9.31 Å². The van der Waals surface area contributed by atoms with Crippen LogP contribution >= 0.6 is 0 Å².